The number of carboxylic acid groups (broad SMARTS) is 1. The third kappa shape index (κ3) is 3.63. The van der Waals surface area contributed by atoms with Gasteiger partial charge in [0.2, 0.25) is 0 Å². The van der Waals surface area contributed by atoms with E-state index in [2.05, 4.69) is 10.4 Å². The quantitative estimate of drug-likeness (QED) is 0.687. The van der Waals surface area contributed by atoms with Gasteiger partial charge >= 0.3 is 5.97 Å². The molecule has 2 aromatic rings. The van der Waals surface area contributed by atoms with Crippen LogP contribution < -0.4 is 10.9 Å². The Morgan fingerprint density at radius 2 is 1.90 bits per heavy atom. The van der Waals surface area contributed by atoms with Crippen LogP contribution in [0.15, 0.2) is 35.3 Å². The third-order valence-electron chi connectivity index (χ3n) is 7.44. The molecule has 1 aromatic carbocycles. The maximum atomic E-state index is 13.3. The molecule has 0 aliphatic heterocycles. The molecule has 4 fully saturated rings. The lowest BCUT2D eigenvalue weighted by atomic mass is 9.46. The number of halogens is 2. The molecule has 8 heteroatoms. The van der Waals surface area contributed by atoms with Crippen LogP contribution in [-0.2, 0) is 16.9 Å². The average molecular weight is 446 g/mol. The summed E-state index contributed by atoms with van der Waals surface area (Å²) in [4.78, 5) is 24.8. The SMILES string of the molecule is O=C(O)CC12C[C@@H]3C[C@@H](C1)CC(n1ncc(NCc4ccc(F)cc4)c(Cl)c1=O)(C3)C2. The summed E-state index contributed by atoms with van der Waals surface area (Å²) in [5.41, 5.74) is 0.271. The molecule has 2 N–H and O–H groups in total. The van der Waals surface area contributed by atoms with Crippen molar-refractivity contribution in [2.75, 3.05) is 5.32 Å². The van der Waals surface area contributed by atoms with E-state index in [4.69, 9.17) is 11.6 Å². The molecule has 4 aliphatic rings. The normalized spacial score (nSPS) is 31.0. The van der Waals surface area contributed by atoms with E-state index in [9.17, 15) is 19.1 Å². The number of rotatable bonds is 6. The highest BCUT2D eigenvalue weighted by molar-refractivity contribution is 6.32. The number of anilines is 1. The molecular formula is C23H25ClFN3O3. The number of carbonyl (C=O) groups is 1. The monoisotopic (exact) mass is 445 g/mol. The molecule has 0 unspecified atom stereocenters. The lowest BCUT2D eigenvalue weighted by Gasteiger charge is -2.61. The second kappa shape index (κ2) is 7.33. The van der Waals surface area contributed by atoms with Gasteiger partial charge in [-0.2, -0.15) is 5.10 Å². The first kappa shape index (κ1) is 20.5. The number of nitrogens with one attached hydrogen (secondary N) is 1. The fourth-order valence-corrected chi connectivity index (χ4v) is 7.07. The van der Waals surface area contributed by atoms with Gasteiger partial charge in [0, 0.05) is 6.54 Å². The Kier molecular flexibility index (Phi) is 4.84. The van der Waals surface area contributed by atoms with Crippen molar-refractivity contribution >= 4 is 23.3 Å². The van der Waals surface area contributed by atoms with Crippen molar-refractivity contribution in [3.63, 3.8) is 0 Å². The van der Waals surface area contributed by atoms with Gasteiger partial charge in [0.15, 0.2) is 0 Å². The molecule has 6 rings (SSSR count). The summed E-state index contributed by atoms with van der Waals surface area (Å²) in [6.07, 6.45) is 7.09. The van der Waals surface area contributed by atoms with E-state index in [1.165, 1.54) is 12.1 Å². The Bertz CT molecular complexity index is 1070. The Hall–Kier alpha value is -2.41. The second-order valence-electron chi connectivity index (χ2n) is 9.83. The minimum absolute atomic E-state index is 0.0835. The largest absolute Gasteiger partial charge is 0.481 e. The summed E-state index contributed by atoms with van der Waals surface area (Å²) >= 11 is 6.46. The van der Waals surface area contributed by atoms with Gasteiger partial charge in [-0.25, -0.2) is 9.07 Å². The lowest BCUT2D eigenvalue weighted by molar-refractivity contribution is -0.151. The van der Waals surface area contributed by atoms with Crippen molar-refractivity contribution in [3.05, 3.63) is 57.2 Å². The molecule has 4 aliphatic carbocycles. The van der Waals surface area contributed by atoms with E-state index in [1.54, 1.807) is 23.0 Å². The number of benzene rings is 1. The molecule has 6 nitrogen and oxygen atoms in total. The van der Waals surface area contributed by atoms with Crippen LogP contribution >= 0.6 is 11.6 Å². The van der Waals surface area contributed by atoms with Crippen molar-refractivity contribution in [1.82, 2.24) is 9.78 Å². The van der Waals surface area contributed by atoms with Crippen molar-refractivity contribution in [2.45, 2.75) is 57.0 Å². The summed E-state index contributed by atoms with van der Waals surface area (Å²) in [6.45, 7) is 0.391. The molecule has 31 heavy (non-hydrogen) atoms. The zero-order valence-electron chi connectivity index (χ0n) is 17.1. The van der Waals surface area contributed by atoms with Crippen molar-refractivity contribution in [3.8, 4) is 0 Å². The molecule has 0 amide bonds. The second-order valence-corrected chi connectivity index (χ2v) is 10.2. The van der Waals surface area contributed by atoms with Gasteiger partial charge in [0.1, 0.15) is 10.8 Å². The van der Waals surface area contributed by atoms with Crippen LogP contribution in [-0.4, -0.2) is 20.9 Å². The summed E-state index contributed by atoms with van der Waals surface area (Å²) in [7, 11) is 0. The lowest BCUT2D eigenvalue weighted by Crippen LogP contribution is -2.59. The maximum absolute atomic E-state index is 13.3. The van der Waals surface area contributed by atoms with Crippen LogP contribution in [0.1, 0.15) is 50.5 Å². The zero-order valence-corrected chi connectivity index (χ0v) is 17.9. The predicted molar refractivity (Wildman–Crippen MR) is 115 cm³/mol. The molecule has 0 saturated heterocycles. The molecule has 0 spiro atoms. The third-order valence-corrected chi connectivity index (χ3v) is 7.81. The Morgan fingerprint density at radius 1 is 1.23 bits per heavy atom. The molecule has 1 aromatic heterocycles. The van der Waals surface area contributed by atoms with Crippen molar-refractivity contribution in [2.24, 2.45) is 17.3 Å². The number of aliphatic carboxylic acids is 1. The van der Waals surface area contributed by atoms with Crippen molar-refractivity contribution < 1.29 is 14.3 Å². The van der Waals surface area contributed by atoms with Gasteiger partial charge in [0.05, 0.1) is 23.8 Å². The number of carboxylic acids is 1. The minimum atomic E-state index is -0.768. The Balaban J connectivity index is 1.43. The summed E-state index contributed by atoms with van der Waals surface area (Å²) in [5, 5.41) is 17.2. The van der Waals surface area contributed by atoms with Crippen LogP contribution in [0.4, 0.5) is 10.1 Å². The van der Waals surface area contributed by atoms with Crippen molar-refractivity contribution in [1.29, 1.82) is 0 Å². The van der Waals surface area contributed by atoms with Gasteiger partial charge in [-0.1, -0.05) is 23.7 Å². The first-order valence-corrected chi connectivity index (χ1v) is 11.1. The van der Waals surface area contributed by atoms with E-state index in [1.807, 2.05) is 0 Å². The maximum Gasteiger partial charge on any atom is 0.303 e. The van der Waals surface area contributed by atoms with Gasteiger partial charge in [-0.15, -0.1) is 0 Å². The fourth-order valence-electron chi connectivity index (χ4n) is 6.87. The smallest absolute Gasteiger partial charge is 0.303 e. The fraction of sp³-hybridized carbons (Fsp3) is 0.522. The van der Waals surface area contributed by atoms with Crippen LogP contribution in [0.3, 0.4) is 0 Å². The first-order chi connectivity index (χ1) is 14.8. The number of nitrogens with zero attached hydrogens (tertiary/aromatic N) is 2. The molecule has 4 bridgehead atoms. The topological polar surface area (TPSA) is 84.2 Å². The Labute approximate surface area is 184 Å². The molecule has 164 valence electrons. The standard InChI is InChI=1S/C23H25ClFN3O3/c24-20-18(26-11-14-1-3-17(25)4-2-14)12-27-28(21(20)31)23-8-15-5-16(9-23)7-22(6-15,13-23)10-19(29)30/h1-4,12,15-16,26H,5-11,13H2,(H,29,30)/t15-,16-,22?,23?/m0/s1. The molecular weight excluding hydrogens is 421 g/mol. The van der Waals surface area contributed by atoms with Gasteiger partial charge < -0.3 is 10.4 Å². The highest BCUT2D eigenvalue weighted by atomic mass is 35.5. The zero-order chi connectivity index (χ0) is 21.8. The molecule has 0 radical (unpaired) electrons. The van der Waals surface area contributed by atoms with Gasteiger partial charge in [0.25, 0.3) is 5.56 Å². The van der Waals surface area contributed by atoms with Crippen LogP contribution in [0.5, 0.6) is 0 Å². The van der Waals surface area contributed by atoms with Gasteiger partial charge in [-0.05, 0) is 73.5 Å². The van der Waals surface area contributed by atoms with Crippen LogP contribution in [0.25, 0.3) is 0 Å². The number of aromatic nitrogens is 2. The average Bonchev–Trinajstić information content (AvgIpc) is 2.68. The van der Waals surface area contributed by atoms with E-state index in [0.29, 0.717) is 30.5 Å². The predicted octanol–water partition coefficient (Wildman–Crippen LogP) is 4.42. The Morgan fingerprint density at radius 3 is 2.55 bits per heavy atom. The van der Waals surface area contributed by atoms with E-state index >= 15 is 0 Å². The summed E-state index contributed by atoms with van der Waals surface area (Å²) < 4.78 is 14.6. The van der Waals surface area contributed by atoms with Gasteiger partial charge in [-0.3, -0.25) is 9.59 Å². The number of hydrogen-bond acceptors (Lipinski definition) is 4. The number of hydrogen-bond donors (Lipinski definition) is 2. The van der Waals surface area contributed by atoms with Crippen LogP contribution in [0.2, 0.25) is 5.02 Å². The first-order valence-electron chi connectivity index (χ1n) is 10.8. The highest BCUT2D eigenvalue weighted by Gasteiger charge is 2.59. The van der Waals surface area contributed by atoms with Crippen LogP contribution in [0, 0.1) is 23.1 Å². The highest BCUT2D eigenvalue weighted by Crippen LogP contribution is 2.65. The van der Waals surface area contributed by atoms with E-state index in [-0.39, 0.29) is 28.2 Å². The van der Waals surface area contributed by atoms with E-state index < -0.39 is 11.5 Å². The molecule has 1 heterocycles. The summed E-state index contributed by atoms with van der Waals surface area (Å²) in [6, 6.07) is 6.11. The van der Waals surface area contributed by atoms with E-state index in [0.717, 1.165) is 37.7 Å². The summed E-state index contributed by atoms with van der Waals surface area (Å²) in [5.74, 6) is -0.202. The minimum Gasteiger partial charge on any atom is -0.481 e. The molecule has 2 atom stereocenters. The molecule has 4 saturated carbocycles.